The monoisotopic (exact) mass is 232 g/mol. The van der Waals surface area contributed by atoms with E-state index >= 15 is 0 Å². The molecule has 0 saturated heterocycles. The Morgan fingerprint density at radius 3 is 1.88 bits per heavy atom. The molecule has 0 aliphatic rings. The summed E-state index contributed by atoms with van der Waals surface area (Å²) < 4.78 is 17.8. The predicted octanol–water partition coefficient (Wildman–Crippen LogP) is 2.92. The smallest absolute Gasteiger partial charge is 0.123 e. The van der Waals surface area contributed by atoms with Crippen molar-refractivity contribution in [2.45, 2.75) is 6.10 Å². The van der Waals surface area contributed by atoms with Gasteiger partial charge in [0.05, 0.1) is 7.11 Å². The summed E-state index contributed by atoms with van der Waals surface area (Å²) in [4.78, 5) is 0. The summed E-state index contributed by atoms with van der Waals surface area (Å²) >= 11 is 0. The Hall–Kier alpha value is -1.87. The number of aliphatic hydroxyl groups excluding tert-OH is 1. The van der Waals surface area contributed by atoms with Crippen LogP contribution in [-0.4, -0.2) is 12.2 Å². The summed E-state index contributed by atoms with van der Waals surface area (Å²) in [6.07, 6.45) is -0.749. The van der Waals surface area contributed by atoms with Crippen molar-refractivity contribution in [2.75, 3.05) is 7.11 Å². The second-order valence-electron chi connectivity index (χ2n) is 3.73. The predicted molar refractivity (Wildman–Crippen MR) is 63.5 cm³/mol. The molecule has 2 aromatic carbocycles. The first-order chi connectivity index (χ1) is 8.20. The van der Waals surface area contributed by atoms with Gasteiger partial charge < -0.3 is 9.84 Å². The van der Waals surface area contributed by atoms with Gasteiger partial charge in [0.15, 0.2) is 0 Å². The lowest BCUT2D eigenvalue weighted by atomic mass is 10.0. The molecule has 2 aromatic rings. The van der Waals surface area contributed by atoms with Crippen LogP contribution < -0.4 is 4.74 Å². The Bertz CT molecular complexity index is 477. The van der Waals surface area contributed by atoms with Gasteiger partial charge in [-0.25, -0.2) is 4.39 Å². The highest BCUT2D eigenvalue weighted by molar-refractivity contribution is 5.34. The highest BCUT2D eigenvalue weighted by atomic mass is 19.1. The minimum absolute atomic E-state index is 0.310. The fourth-order valence-corrected chi connectivity index (χ4v) is 1.62. The van der Waals surface area contributed by atoms with E-state index < -0.39 is 6.10 Å². The number of hydrogen-bond acceptors (Lipinski definition) is 2. The van der Waals surface area contributed by atoms with Crippen LogP contribution in [-0.2, 0) is 0 Å². The maximum atomic E-state index is 12.8. The molecule has 0 saturated carbocycles. The maximum absolute atomic E-state index is 12.8. The Balaban J connectivity index is 2.23. The molecule has 0 radical (unpaired) electrons. The molecule has 0 spiro atoms. The molecule has 3 heteroatoms. The van der Waals surface area contributed by atoms with Crippen LogP contribution in [0.15, 0.2) is 48.5 Å². The molecule has 0 amide bonds. The van der Waals surface area contributed by atoms with Crippen LogP contribution in [0.2, 0.25) is 0 Å². The lowest BCUT2D eigenvalue weighted by molar-refractivity contribution is 0.220. The molecule has 0 fully saturated rings. The summed E-state index contributed by atoms with van der Waals surface area (Å²) in [6.45, 7) is 0. The van der Waals surface area contributed by atoms with Crippen molar-refractivity contribution in [3.05, 3.63) is 65.5 Å². The molecule has 2 rings (SSSR count). The van der Waals surface area contributed by atoms with Crippen LogP contribution in [0, 0.1) is 5.82 Å². The van der Waals surface area contributed by atoms with E-state index in [1.165, 1.54) is 12.1 Å². The third-order valence-corrected chi connectivity index (χ3v) is 2.62. The van der Waals surface area contributed by atoms with E-state index in [9.17, 15) is 9.50 Å². The molecule has 2 nitrogen and oxygen atoms in total. The third-order valence-electron chi connectivity index (χ3n) is 2.62. The Morgan fingerprint density at radius 2 is 1.41 bits per heavy atom. The molecule has 1 N–H and O–H groups in total. The zero-order valence-electron chi connectivity index (χ0n) is 9.43. The first-order valence-corrected chi connectivity index (χ1v) is 5.28. The average molecular weight is 232 g/mol. The second kappa shape index (κ2) is 4.97. The fraction of sp³-hybridized carbons (Fsp3) is 0.143. The van der Waals surface area contributed by atoms with Gasteiger partial charge in [0, 0.05) is 0 Å². The lowest BCUT2D eigenvalue weighted by Crippen LogP contribution is -1.99. The number of benzene rings is 2. The van der Waals surface area contributed by atoms with E-state index in [2.05, 4.69) is 0 Å². The number of halogens is 1. The summed E-state index contributed by atoms with van der Waals surface area (Å²) in [5.41, 5.74) is 1.41. The summed E-state index contributed by atoms with van der Waals surface area (Å²) in [6, 6.07) is 12.9. The van der Waals surface area contributed by atoms with Gasteiger partial charge >= 0.3 is 0 Å². The van der Waals surface area contributed by atoms with E-state index in [4.69, 9.17) is 4.74 Å². The van der Waals surface area contributed by atoms with Crippen molar-refractivity contribution in [3.63, 3.8) is 0 Å². The summed E-state index contributed by atoms with van der Waals surface area (Å²) in [5.74, 6) is 0.427. The number of hydrogen-bond donors (Lipinski definition) is 1. The van der Waals surface area contributed by atoms with E-state index in [1.807, 2.05) is 0 Å². The molecule has 0 bridgehead atoms. The topological polar surface area (TPSA) is 29.5 Å². The minimum Gasteiger partial charge on any atom is -0.497 e. The largest absolute Gasteiger partial charge is 0.497 e. The van der Waals surface area contributed by atoms with E-state index in [0.717, 1.165) is 11.3 Å². The number of methoxy groups -OCH3 is 1. The van der Waals surface area contributed by atoms with Gasteiger partial charge in [-0.05, 0) is 35.4 Å². The number of ether oxygens (including phenoxy) is 1. The first kappa shape index (κ1) is 11.6. The third kappa shape index (κ3) is 2.63. The molecular formula is C14H13FO2. The van der Waals surface area contributed by atoms with Gasteiger partial charge in [0.25, 0.3) is 0 Å². The van der Waals surface area contributed by atoms with Gasteiger partial charge in [-0.15, -0.1) is 0 Å². The standard InChI is InChI=1S/C14H13FO2/c1-17-13-8-4-11(5-9-13)14(16)10-2-6-12(15)7-3-10/h2-9,14,16H,1H3. The van der Waals surface area contributed by atoms with Gasteiger partial charge in [0.2, 0.25) is 0 Å². The Labute approximate surface area is 99.3 Å². The number of aliphatic hydroxyl groups is 1. The van der Waals surface area contributed by atoms with Gasteiger partial charge in [-0.3, -0.25) is 0 Å². The van der Waals surface area contributed by atoms with E-state index in [1.54, 1.807) is 43.5 Å². The molecule has 0 heterocycles. The second-order valence-corrected chi connectivity index (χ2v) is 3.73. The molecule has 0 aliphatic carbocycles. The number of rotatable bonds is 3. The van der Waals surface area contributed by atoms with Crippen molar-refractivity contribution < 1.29 is 14.2 Å². The van der Waals surface area contributed by atoms with Crippen molar-refractivity contribution in [1.29, 1.82) is 0 Å². The highest BCUT2D eigenvalue weighted by Gasteiger charge is 2.10. The van der Waals surface area contributed by atoms with E-state index in [0.29, 0.717) is 5.56 Å². The molecule has 0 aromatic heterocycles. The van der Waals surface area contributed by atoms with Gasteiger partial charge in [-0.1, -0.05) is 24.3 Å². The molecular weight excluding hydrogens is 219 g/mol. The van der Waals surface area contributed by atoms with Crippen LogP contribution in [0.5, 0.6) is 5.75 Å². The zero-order valence-corrected chi connectivity index (χ0v) is 9.43. The fourth-order valence-electron chi connectivity index (χ4n) is 1.62. The Morgan fingerprint density at radius 1 is 0.941 bits per heavy atom. The van der Waals surface area contributed by atoms with Crippen LogP contribution in [0.3, 0.4) is 0 Å². The molecule has 1 unspecified atom stereocenters. The lowest BCUT2D eigenvalue weighted by Gasteiger charge is -2.11. The van der Waals surface area contributed by atoms with Crippen molar-refractivity contribution in [3.8, 4) is 5.75 Å². The van der Waals surface area contributed by atoms with Crippen LogP contribution in [0.25, 0.3) is 0 Å². The van der Waals surface area contributed by atoms with Crippen molar-refractivity contribution in [1.82, 2.24) is 0 Å². The van der Waals surface area contributed by atoms with E-state index in [-0.39, 0.29) is 5.82 Å². The molecule has 88 valence electrons. The first-order valence-electron chi connectivity index (χ1n) is 5.28. The molecule has 1 atom stereocenters. The zero-order chi connectivity index (χ0) is 12.3. The van der Waals surface area contributed by atoms with Crippen LogP contribution in [0.1, 0.15) is 17.2 Å². The maximum Gasteiger partial charge on any atom is 0.123 e. The summed E-state index contributed by atoms with van der Waals surface area (Å²) in [7, 11) is 1.59. The SMILES string of the molecule is COc1ccc(C(O)c2ccc(F)cc2)cc1. The van der Waals surface area contributed by atoms with Gasteiger partial charge in [0.1, 0.15) is 17.7 Å². The average Bonchev–Trinajstić information content (AvgIpc) is 2.39. The minimum atomic E-state index is -0.749. The van der Waals surface area contributed by atoms with Crippen molar-refractivity contribution >= 4 is 0 Å². The van der Waals surface area contributed by atoms with Crippen molar-refractivity contribution in [2.24, 2.45) is 0 Å². The van der Waals surface area contributed by atoms with Gasteiger partial charge in [-0.2, -0.15) is 0 Å². The summed E-state index contributed by atoms with van der Waals surface area (Å²) in [5, 5.41) is 10.1. The quantitative estimate of drug-likeness (QED) is 0.881. The van der Waals surface area contributed by atoms with Crippen LogP contribution >= 0.6 is 0 Å². The van der Waals surface area contributed by atoms with Crippen LogP contribution in [0.4, 0.5) is 4.39 Å². The normalized spacial score (nSPS) is 12.2. The molecule has 0 aliphatic heterocycles. The Kier molecular flexibility index (Phi) is 3.40. The molecule has 17 heavy (non-hydrogen) atoms. The highest BCUT2D eigenvalue weighted by Crippen LogP contribution is 2.23.